The van der Waals surface area contributed by atoms with Crippen molar-refractivity contribution in [3.05, 3.63) is 23.5 Å². The molecule has 2 amide bonds. The fourth-order valence-electron chi connectivity index (χ4n) is 7.86. The third-order valence-corrected chi connectivity index (χ3v) is 12.7. The first-order valence-corrected chi connectivity index (χ1v) is 15.0. The molecule has 0 spiro atoms. The number of hydrogen-bond donors (Lipinski definition) is 2. The number of fused-ring (bicyclic) bond motifs is 3. The number of benzene rings is 1. The number of nitrogens with one attached hydrogen (secondary N) is 2. The van der Waals surface area contributed by atoms with Crippen LogP contribution < -0.4 is 20.1 Å². The van der Waals surface area contributed by atoms with Crippen molar-refractivity contribution in [1.29, 1.82) is 0 Å². The van der Waals surface area contributed by atoms with E-state index in [1.165, 1.54) is 25.7 Å². The summed E-state index contributed by atoms with van der Waals surface area (Å²) in [5.41, 5.74) is 0.460. The van der Waals surface area contributed by atoms with E-state index in [9.17, 15) is 14.0 Å². The van der Waals surface area contributed by atoms with E-state index in [0.717, 1.165) is 44.9 Å². The molecule has 5 saturated carbocycles. The van der Waals surface area contributed by atoms with Crippen LogP contribution in [0.2, 0.25) is 0 Å². The average molecular weight is 625 g/mol. The molecule has 202 valence electrons. The molecule has 0 heterocycles. The molecule has 37 heavy (non-hydrogen) atoms. The Morgan fingerprint density at radius 1 is 1.16 bits per heavy atom. The Hall–Kier alpha value is -1.58. The standard InChI is InChI=1S/C29H38FIN2O4/c1-15-20-10-18(13-29(15,20)31)37-23-11-19(22(36-3)12-21(23)30)26(34)33-25-17-6-5-16(9-17)24(25)27(35)32-14-28(2)7-4-8-28/h11-12,15-18,20,24-25H,4-10,13-14H2,1-3H3,(H,32,35)(H,33,34)/t15-,16+,17-,18+,20-,24-,25+,29-/m0/s1. The highest BCUT2D eigenvalue weighted by molar-refractivity contribution is 14.1. The fraction of sp³-hybridized carbons (Fsp3) is 0.724. The number of ether oxygens (including phenoxy) is 2. The van der Waals surface area contributed by atoms with Crippen LogP contribution in [0.3, 0.4) is 0 Å². The maximum absolute atomic E-state index is 14.9. The number of hydrogen-bond acceptors (Lipinski definition) is 4. The Bertz CT molecular complexity index is 1110. The summed E-state index contributed by atoms with van der Waals surface area (Å²) in [4.78, 5) is 26.8. The Morgan fingerprint density at radius 2 is 1.92 bits per heavy atom. The molecular weight excluding hydrogens is 586 g/mol. The molecule has 5 fully saturated rings. The summed E-state index contributed by atoms with van der Waals surface area (Å²) in [6.07, 6.45) is 8.31. The molecule has 0 saturated heterocycles. The topological polar surface area (TPSA) is 76.7 Å². The van der Waals surface area contributed by atoms with Crippen LogP contribution in [0.15, 0.2) is 12.1 Å². The Morgan fingerprint density at radius 3 is 2.57 bits per heavy atom. The van der Waals surface area contributed by atoms with Gasteiger partial charge in [0.2, 0.25) is 5.91 Å². The third-order valence-electron chi connectivity index (χ3n) is 10.5. The minimum atomic E-state index is -0.522. The van der Waals surface area contributed by atoms with E-state index in [1.807, 2.05) is 0 Å². The molecule has 5 aliphatic rings. The first-order valence-electron chi connectivity index (χ1n) is 13.9. The van der Waals surface area contributed by atoms with Crippen molar-refractivity contribution in [3.8, 4) is 11.5 Å². The molecule has 0 aromatic heterocycles. The maximum Gasteiger partial charge on any atom is 0.255 e. The zero-order valence-electron chi connectivity index (χ0n) is 21.9. The quantitative estimate of drug-likeness (QED) is 0.306. The van der Waals surface area contributed by atoms with Crippen LogP contribution >= 0.6 is 22.6 Å². The Balaban J connectivity index is 1.16. The minimum Gasteiger partial charge on any atom is -0.496 e. The van der Waals surface area contributed by atoms with Crippen molar-refractivity contribution in [3.63, 3.8) is 0 Å². The summed E-state index contributed by atoms with van der Waals surface area (Å²) in [5, 5.41) is 6.37. The lowest BCUT2D eigenvalue weighted by Gasteiger charge is -2.39. The predicted molar refractivity (Wildman–Crippen MR) is 147 cm³/mol. The van der Waals surface area contributed by atoms with E-state index >= 15 is 0 Å². The lowest BCUT2D eigenvalue weighted by Crippen LogP contribution is -2.51. The normalized spacial score (nSPS) is 38.5. The van der Waals surface area contributed by atoms with E-state index < -0.39 is 5.82 Å². The largest absolute Gasteiger partial charge is 0.496 e. The molecule has 0 radical (unpaired) electrons. The molecule has 0 unspecified atom stereocenters. The number of carbonyl (C=O) groups excluding carboxylic acids is 2. The van der Waals surface area contributed by atoms with Crippen molar-refractivity contribution < 1.29 is 23.5 Å². The lowest BCUT2D eigenvalue weighted by molar-refractivity contribution is -0.128. The molecule has 1 aromatic rings. The van der Waals surface area contributed by atoms with Crippen molar-refractivity contribution in [2.24, 2.45) is 35.0 Å². The second-order valence-electron chi connectivity index (χ2n) is 12.7. The molecule has 1 aromatic carbocycles. The fourth-order valence-corrected chi connectivity index (χ4v) is 9.40. The third kappa shape index (κ3) is 4.42. The summed E-state index contributed by atoms with van der Waals surface area (Å²) in [5.74, 6) is 1.14. The van der Waals surface area contributed by atoms with Crippen molar-refractivity contribution >= 4 is 34.4 Å². The van der Waals surface area contributed by atoms with E-state index in [4.69, 9.17) is 9.47 Å². The molecule has 6 nitrogen and oxygen atoms in total. The van der Waals surface area contributed by atoms with Gasteiger partial charge in [0.15, 0.2) is 11.6 Å². The molecule has 2 N–H and O–H groups in total. The molecule has 0 aliphatic heterocycles. The molecule has 2 bridgehead atoms. The van der Waals surface area contributed by atoms with Crippen LogP contribution in [-0.4, -0.2) is 41.0 Å². The Labute approximate surface area is 232 Å². The Kier molecular flexibility index (Phi) is 6.43. The van der Waals surface area contributed by atoms with Gasteiger partial charge in [0, 0.05) is 22.1 Å². The monoisotopic (exact) mass is 624 g/mol. The van der Waals surface area contributed by atoms with Crippen LogP contribution in [-0.2, 0) is 4.79 Å². The van der Waals surface area contributed by atoms with Gasteiger partial charge in [-0.15, -0.1) is 0 Å². The smallest absolute Gasteiger partial charge is 0.255 e. The van der Waals surface area contributed by atoms with Crippen LogP contribution in [0.4, 0.5) is 4.39 Å². The number of carbonyl (C=O) groups is 2. The van der Waals surface area contributed by atoms with Crippen LogP contribution in [0, 0.1) is 40.8 Å². The number of amides is 2. The summed E-state index contributed by atoms with van der Waals surface area (Å²) in [6, 6.07) is 2.50. The van der Waals surface area contributed by atoms with Crippen molar-refractivity contribution in [2.45, 2.75) is 80.8 Å². The van der Waals surface area contributed by atoms with Gasteiger partial charge in [0.25, 0.3) is 5.91 Å². The van der Waals surface area contributed by atoms with Gasteiger partial charge < -0.3 is 20.1 Å². The number of alkyl halides is 1. The van der Waals surface area contributed by atoms with E-state index in [1.54, 1.807) is 0 Å². The second-order valence-corrected chi connectivity index (χ2v) is 14.7. The zero-order chi connectivity index (χ0) is 26.1. The van der Waals surface area contributed by atoms with Crippen LogP contribution in [0.1, 0.15) is 75.6 Å². The molecule has 6 rings (SSSR count). The SMILES string of the molecule is COc1cc(F)c(O[C@@H]2C[C@H]3[C@H](C)[C@@]3(I)C2)cc1C(=O)N[C@@H]1[C@H]2CC[C@H](C2)[C@@H]1C(=O)NCC1(C)CCC1. The van der Waals surface area contributed by atoms with Gasteiger partial charge >= 0.3 is 0 Å². The predicted octanol–water partition coefficient (Wildman–Crippen LogP) is 5.27. The maximum atomic E-state index is 14.9. The van der Waals surface area contributed by atoms with Gasteiger partial charge in [-0.3, -0.25) is 9.59 Å². The van der Waals surface area contributed by atoms with Crippen LogP contribution in [0.25, 0.3) is 0 Å². The number of rotatable bonds is 8. The van der Waals surface area contributed by atoms with Gasteiger partial charge in [0.05, 0.1) is 18.6 Å². The van der Waals surface area contributed by atoms with Gasteiger partial charge in [-0.1, -0.05) is 42.9 Å². The first-order chi connectivity index (χ1) is 17.6. The van der Waals surface area contributed by atoms with Gasteiger partial charge in [0.1, 0.15) is 11.9 Å². The van der Waals surface area contributed by atoms with Crippen molar-refractivity contribution in [1.82, 2.24) is 10.6 Å². The average Bonchev–Trinajstić information content (AvgIpc) is 3.34. The second kappa shape index (κ2) is 9.26. The molecule has 8 atom stereocenters. The summed E-state index contributed by atoms with van der Waals surface area (Å²) in [6.45, 7) is 5.19. The first kappa shape index (κ1) is 25.7. The minimum absolute atomic E-state index is 0.0481. The lowest BCUT2D eigenvalue weighted by atomic mass is 9.70. The molecular formula is C29H38FIN2O4. The van der Waals surface area contributed by atoms with E-state index in [-0.39, 0.29) is 55.8 Å². The highest BCUT2D eigenvalue weighted by atomic mass is 127. The van der Waals surface area contributed by atoms with E-state index in [2.05, 4.69) is 47.1 Å². The van der Waals surface area contributed by atoms with Gasteiger partial charge in [-0.25, -0.2) is 4.39 Å². The summed E-state index contributed by atoms with van der Waals surface area (Å²) in [7, 11) is 1.44. The van der Waals surface area contributed by atoms with Gasteiger partial charge in [-0.2, -0.15) is 0 Å². The summed E-state index contributed by atoms with van der Waals surface area (Å²) >= 11 is 2.53. The summed E-state index contributed by atoms with van der Waals surface area (Å²) < 4.78 is 26.7. The molecule has 8 heteroatoms. The molecule has 5 aliphatic carbocycles. The number of halogens is 2. The van der Waals surface area contributed by atoms with Gasteiger partial charge in [-0.05, 0) is 80.1 Å². The van der Waals surface area contributed by atoms with E-state index in [0.29, 0.717) is 30.2 Å². The zero-order valence-corrected chi connectivity index (χ0v) is 24.1. The van der Waals surface area contributed by atoms with Crippen molar-refractivity contribution in [2.75, 3.05) is 13.7 Å². The highest BCUT2D eigenvalue weighted by Gasteiger charge is 2.66. The highest BCUT2D eigenvalue weighted by Crippen LogP contribution is 2.67. The van der Waals surface area contributed by atoms with Crippen LogP contribution in [0.5, 0.6) is 11.5 Å². The number of methoxy groups -OCH3 is 1.